The van der Waals surface area contributed by atoms with Gasteiger partial charge in [0.2, 0.25) is 5.91 Å². The van der Waals surface area contributed by atoms with E-state index >= 15 is 0 Å². The Labute approximate surface area is 135 Å². The van der Waals surface area contributed by atoms with Gasteiger partial charge in [0.25, 0.3) is 0 Å². The number of amides is 1. The molecule has 2 N–H and O–H groups in total. The molecule has 0 saturated heterocycles. The lowest BCUT2D eigenvalue weighted by Crippen LogP contribution is -2.34. The van der Waals surface area contributed by atoms with Crippen LogP contribution >= 0.6 is 0 Å². The summed E-state index contributed by atoms with van der Waals surface area (Å²) in [6.45, 7) is 0.707. The molecular weight excluding hydrogens is 290 g/mol. The predicted molar refractivity (Wildman–Crippen MR) is 86.3 cm³/mol. The number of hydrogen-bond donors (Lipinski definition) is 2. The molecule has 5 nitrogen and oxygen atoms in total. The zero-order valence-electron chi connectivity index (χ0n) is 13.0. The highest BCUT2D eigenvalue weighted by Crippen LogP contribution is 2.34. The molecule has 0 saturated carbocycles. The second-order valence-electron chi connectivity index (χ2n) is 6.34. The van der Waals surface area contributed by atoms with Crippen LogP contribution in [0.4, 0.5) is 0 Å². The summed E-state index contributed by atoms with van der Waals surface area (Å²) in [5.74, 6) is 0.908. The molecular formula is C18H21N3O2. The van der Waals surface area contributed by atoms with Crippen LogP contribution in [0, 0.1) is 0 Å². The van der Waals surface area contributed by atoms with Crippen molar-refractivity contribution in [1.29, 1.82) is 0 Å². The summed E-state index contributed by atoms with van der Waals surface area (Å²) in [5.41, 5.74) is 3.26. The van der Waals surface area contributed by atoms with Crippen molar-refractivity contribution in [3.05, 3.63) is 47.3 Å². The molecule has 120 valence electrons. The first-order chi connectivity index (χ1) is 11.3. The van der Waals surface area contributed by atoms with Gasteiger partial charge in [-0.15, -0.1) is 0 Å². The molecule has 1 aliphatic heterocycles. The Morgan fingerprint density at radius 1 is 1.22 bits per heavy atom. The molecule has 0 bridgehead atoms. The molecule has 23 heavy (non-hydrogen) atoms. The summed E-state index contributed by atoms with van der Waals surface area (Å²) in [7, 11) is 0. The van der Waals surface area contributed by atoms with Crippen molar-refractivity contribution in [3.8, 4) is 5.75 Å². The number of benzene rings is 1. The lowest BCUT2D eigenvalue weighted by atomic mass is 9.86. The Morgan fingerprint density at radius 3 is 3.09 bits per heavy atom. The number of carbonyl (C=O) groups excluding carboxylic acids is 1. The molecule has 2 atom stereocenters. The Balaban J connectivity index is 1.56. The molecule has 2 aromatic rings. The third kappa shape index (κ3) is 2.71. The lowest BCUT2D eigenvalue weighted by Gasteiger charge is -2.25. The van der Waals surface area contributed by atoms with E-state index in [0.29, 0.717) is 6.61 Å². The van der Waals surface area contributed by atoms with Crippen LogP contribution in [0.3, 0.4) is 0 Å². The van der Waals surface area contributed by atoms with Gasteiger partial charge < -0.3 is 10.1 Å². The third-order valence-corrected chi connectivity index (χ3v) is 4.87. The van der Waals surface area contributed by atoms with Gasteiger partial charge in [0.05, 0.1) is 24.8 Å². The van der Waals surface area contributed by atoms with Gasteiger partial charge in [-0.3, -0.25) is 9.89 Å². The van der Waals surface area contributed by atoms with Crippen LogP contribution in [0.1, 0.15) is 54.5 Å². The molecule has 0 radical (unpaired) electrons. The average molecular weight is 311 g/mol. The highest BCUT2D eigenvalue weighted by atomic mass is 16.5. The maximum atomic E-state index is 12.9. The Bertz CT molecular complexity index is 710. The van der Waals surface area contributed by atoms with E-state index in [4.69, 9.17) is 4.74 Å². The first-order valence-electron chi connectivity index (χ1n) is 8.37. The molecule has 1 aliphatic carbocycles. The molecule has 2 aliphatic rings. The second-order valence-corrected chi connectivity index (χ2v) is 6.34. The molecule has 1 amide bonds. The number of nitrogens with one attached hydrogen (secondary N) is 2. The standard InChI is InChI=1S/C18H21N3O2/c22-18(12-6-3-7-16-14(12)11-19-21-16)20-15-8-4-10-23-17-9-2-1-5-13(15)17/h1-2,5,9,11-12,15H,3-4,6-8,10H2,(H,19,21)(H,20,22)/t12-,15-/m1/s1. The fourth-order valence-corrected chi connectivity index (χ4v) is 3.68. The topological polar surface area (TPSA) is 67.0 Å². The normalized spacial score (nSPS) is 23.1. The zero-order valence-corrected chi connectivity index (χ0v) is 13.0. The van der Waals surface area contributed by atoms with Gasteiger partial charge in [0.1, 0.15) is 5.75 Å². The Kier molecular flexibility index (Phi) is 3.77. The molecule has 0 spiro atoms. The zero-order chi connectivity index (χ0) is 15.6. The molecule has 0 fully saturated rings. The van der Waals surface area contributed by atoms with E-state index in [-0.39, 0.29) is 17.9 Å². The summed E-state index contributed by atoms with van der Waals surface area (Å²) in [5, 5.41) is 10.4. The van der Waals surface area contributed by atoms with E-state index in [9.17, 15) is 4.79 Å². The Morgan fingerprint density at radius 2 is 2.13 bits per heavy atom. The van der Waals surface area contributed by atoms with E-state index in [0.717, 1.165) is 54.7 Å². The minimum atomic E-state index is -0.0890. The number of nitrogens with zero attached hydrogens (tertiary/aromatic N) is 1. The van der Waals surface area contributed by atoms with Gasteiger partial charge in [0.15, 0.2) is 0 Å². The smallest absolute Gasteiger partial charge is 0.228 e. The second kappa shape index (κ2) is 6.07. The number of hydrogen-bond acceptors (Lipinski definition) is 3. The van der Waals surface area contributed by atoms with Crippen LogP contribution in [0.15, 0.2) is 30.5 Å². The van der Waals surface area contributed by atoms with Gasteiger partial charge in [0, 0.05) is 16.8 Å². The number of aromatic nitrogens is 2. The summed E-state index contributed by atoms with van der Waals surface area (Å²) >= 11 is 0. The fraction of sp³-hybridized carbons (Fsp3) is 0.444. The summed E-state index contributed by atoms with van der Waals surface area (Å²) < 4.78 is 5.78. The molecule has 1 aromatic heterocycles. The Hall–Kier alpha value is -2.30. The number of rotatable bonds is 2. The van der Waals surface area contributed by atoms with Crippen molar-refractivity contribution in [1.82, 2.24) is 15.5 Å². The number of fused-ring (bicyclic) bond motifs is 2. The number of H-pyrrole nitrogens is 1. The van der Waals surface area contributed by atoms with E-state index in [1.807, 2.05) is 24.4 Å². The van der Waals surface area contributed by atoms with Crippen LogP contribution in [0.25, 0.3) is 0 Å². The summed E-state index contributed by atoms with van der Waals surface area (Å²) in [4.78, 5) is 12.9. The maximum Gasteiger partial charge on any atom is 0.228 e. The lowest BCUT2D eigenvalue weighted by molar-refractivity contribution is -0.123. The van der Waals surface area contributed by atoms with Crippen molar-refractivity contribution in [3.63, 3.8) is 0 Å². The number of aromatic amines is 1. The van der Waals surface area contributed by atoms with Crippen LogP contribution in [-0.4, -0.2) is 22.7 Å². The van der Waals surface area contributed by atoms with E-state index in [2.05, 4.69) is 21.6 Å². The highest BCUT2D eigenvalue weighted by Gasteiger charge is 2.30. The number of carbonyl (C=O) groups is 1. The van der Waals surface area contributed by atoms with Gasteiger partial charge in [-0.2, -0.15) is 5.10 Å². The monoisotopic (exact) mass is 311 g/mol. The van der Waals surface area contributed by atoms with Crippen molar-refractivity contribution in [2.45, 2.75) is 44.1 Å². The molecule has 4 rings (SSSR count). The quantitative estimate of drug-likeness (QED) is 0.896. The van der Waals surface area contributed by atoms with Gasteiger partial charge in [-0.05, 0) is 38.2 Å². The van der Waals surface area contributed by atoms with E-state index in [1.165, 1.54) is 0 Å². The first kappa shape index (κ1) is 14.3. The minimum absolute atomic E-state index is 0.0264. The number of ether oxygens (including phenoxy) is 1. The van der Waals surface area contributed by atoms with Crippen LogP contribution in [-0.2, 0) is 11.2 Å². The molecule has 0 unspecified atom stereocenters. The number of para-hydroxylation sites is 1. The summed E-state index contributed by atoms with van der Waals surface area (Å²) in [6, 6.07) is 8.03. The van der Waals surface area contributed by atoms with Gasteiger partial charge in [-0.25, -0.2) is 0 Å². The van der Waals surface area contributed by atoms with Gasteiger partial charge in [-0.1, -0.05) is 18.2 Å². The SMILES string of the molecule is O=C(N[C@@H]1CCCOc2ccccc21)[C@@H]1CCCc2[nH]ncc21. The predicted octanol–water partition coefficient (Wildman–Crippen LogP) is 2.86. The van der Waals surface area contributed by atoms with Crippen molar-refractivity contribution < 1.29 is 9.53 Å². The van der Waals surface area contributed by atoms with Crippen molar-refractivity contribution >= 4 is 5.91 Å². The van der Waals surface area contributed by atoms with Crippen LogP contribution in [0.2, 0.25) is 0 Å². The van der Waals surface area contributed by atoms with E-state index in [1.54, 1.807) is 0 Å². The highest BCUT2D eigenvalue weighted by molar-refractivity contribution is 5.84. The average Bonchev–Trinajstić information content (AvgIpc) is 2.97. The largest absolute Gasteiger partial charge is 0.493 e. The van der Waals surface area contributed by atoms with Crippen LogP contribution in [0.5, 0.6) is 5.75 Å². The molecule has 5 heteroatoms. The van der Waals surface area contributed by atoms with Gasteiger partial charge >= 0.3 is 0 Å². The number of aryl methyl sites for hydroxylation is 1. The molecule has 2 heterocycles. The third-order valence-electron chi connectivity index (χ3n) is 4.87. The fourth-order valence-electron chi connectivity index (χ4n) is 3.68. The van der Waals surface area contributed by atoms with Crippen molar-refractivity contribution in [2.75, 3.05) is 6.61 Å². The van der Waals surface area contributed by atoms with Crippen LogP contribution < -0.4 is 10.1 Å². The van der Waals surface area contributed by atoms with E-state index < -0.39 is 0 Å². The first-order valence-corrected chi connectivity index (χ1v) is 8.37. The maximum absolute atomic E-state index is 12.9. The summed E-state index contributed by atoms with van der Waals surface area (Å²) in [6.07, 6.45) is 6.57. The van der Waals surface area contributed by atoms with Crippen molar-refractivity contribution in [2.24, 2.45) is 0 Å². The minimum Gasteiger partial charge on any atom is -0.493 e. The molecule has 1 aromatic carbocycles.